The van der Waals surface area contributed by atoms with E-state index < -0.39 is 0 Å². The topological polar surface area (TPSA) is 38.7 Å². The summed E-state index contributed by atoms with van der Waals surface area (Å²) in [6, 6.07) is 20.0. The molecule has 0 saturated heterocycles. The standard InChI is InChI=1S/C18H17NO2/c20-18-16(12-11-14-7-3-1-4-8-14)19-17(13-21-18)15-9-5-2-6-10-15/h1-10,17H,11-13H2/t17-/m0/s1. The maximum atomic E-state index is 11.8. The smallest absolute Gasteiger partial charge is 0.352 e. The predicted octanol–water partition coefficient (Wildman–Crippen LogP) is 3.36. The van der Waals surface area contributed by atoms with Crippen LogP contribution in [0.25, 0.3) is 0 Å². The van der Waals surface area contributed by atoms with Crippen molar-refractivity contribution in [2.45, 2.75) is 18.9 Å². The number of carbonyl (C=O) groups excluding carboxylic acids is 1. The molecule has 0 spiro atoms. The summed E-state index contributed by atoms with van der Waals surface area (Å²) >= 11 is 0. The number of ether oxygens (including phenoxy) is 1. The molecule has 0 amide bonds. The third kappa shape index (κ3) is 3.37. The van der Waals surface area contributed by atoms with E-state index in [1.807, 2.05) is 48.5 Å². The summed E-state index contributed by atoms with van der Waals surface area (Å²) in [5, 5.41) is 0. The van der Waals surface area contributed by atoms with Gasteiger partial charge in [-0.05, 0) is 17.5 Å². The molecule has 21 heavy (non-hydrogen) atoms. The molecule has 2 aromatic carbocycles. The molecule has 3 rings (SSSR count). The minimum absolute atomic E-state index is 0.0744. The fourth-order valence-corrected chi connectivity index (χ4v) is 2.44. The van der Waals surface area contributed by atoms with Crippen molar-refractivity contribution in [3.05, 3.63) is 71.8 Å². The summed E-state index contributed by atoms with van der Waals surface area (Å²) in [6.07, 6.45) is 1.42. The Balaban J connectivity index is 1.73. The van der Waals surface area contributed by atoms with Gasteiger partial charge in [0.25, 0.3) is 0 Å². The van der Waals surface area contributed by atoms with E-state index >= 15 is 0 Å². The maximum Gasteiger partial charge on any atom is 0.352 e. The molecule has 3 heteroatoms. The number of benzene rings is 2. The molecule has 0 N–H and O–H groups in total. The summed E-state index contributed by atoms with van der Waals surface area (Å²) in [7, 11) is 0. The van der Waals surface area contributed by atoms with Crippen LogP contribution >= 0.6 is 0 Å². The Morgan fingerprint density at radius 2 is 1.62 bits per heavy atom. The zero-order valence-corrected chi connectivity index (χ0v) is 11.7. The number of carbonyl (C=O) groups is 1. The minimum Gasteiger partial charge on any atom is -0.459 e. The summed E-state index contributed by atoms with van der Waals surface area (Å²) < 4.78 is 5.28. The first-order valence-corrected chi connectivity index (χ1v) is 7.15. The van der Waals surface area contributed by atoms with Gasteiger partial charge >= 0.3 is 5.97 Å². The van der Waals surface area contributed by atoms with Crippen LogP contribution in [0.5, 0.6) is 0 Å². The van der Waals surface area contributed by atoms with E-state index in [9.17, 15) is 4.79 Å². The largest absolute Gasteiger partial charge is 0.459 e. The maximum absolute atomic E-state index is 11.8. The van der Waals surface area contributed by atoms with Gasteiger partial charge in [-0.25, -0.2) is 4.79 Å². The second-order valence-corrected chi connectivity index (χ2v) is 5.09. The molecular weight excluding hydrogens is 262 g/mol. The molecule has 1 atom stereocenters. The van der Waals surface area contributed by atoms with E-state index in [0.717, 1.165) is 12.0 Å². The highest BCUT2D eigenvalue weighted by Crippen LogP contribution is 2.22. The first-order valence-electron chi connectivity index (χ1n) is 7.15. The number of nitrogens with zero attached hydrogens (tertiary/aromatic N) is 1. The zero-order chi connectivity index (χ0) is 14.5. The van der Waals surface area contributed by atoms with Crippen molar-refractivity contribution in [2.75, 3.05) is 6.61 Å². The van der Waals surface area contributed by atoms with Gasteiger partial charge in [-0.1, -0.05) is 60.7 Å². The molecule has 1 heterocycles. The van der Waals surface area contributed by atoms with Crippen LogP contribution in [0.2, 0.25) is 0 Å². The van der Waals surface area contributed by atoms with E-state index in [1.165, 1.54) is 5.56 Å². The van der Waals surface area contributed by atoms with E-state index in [4.69, 9.17) is 4.74 Å². The van der Waals surface area contributed by atoms with Crippen LogP contribution in [0.4, 0.5) is 0 Å². The van der Waals surface area contributed by atoms with E-state index in [2.05, 4.69) is 17.1 Å². The van der Waals surface area contributed by atoms with Gasteiger partial charge in [0, 0.05) is 6.42 Å². The van der Waals surface area contributed by atoms with Crippen molar-refractivity contribution < 1.29 is 9.53 Å². The number of rotatable bonds is 4. The average molecular weight is 279 g/mol. The summed E-state index contributed by atoms with van der Waals surface area (Å²) in [5.41, 5.74) is 2.83. The van der Waals surface area contributed by atoms with Gasteiger partial charge < -0.3 is 4.74 Å². The van der Waals surface area contributed by atoms with E-state index in [1.54, 1.807) is 0 Å². The fourth-order valence-electron chi connectivity index (χ4n) is 2.44. The fraction of sp³-hybridized carbons (Fsp3) is 0.222. The van der Waals surface area contributed by atoms with Gasteiger partial charge in [-0.2, -0.15) is 0 Å². The molecule has 0 bridgehead atoms. The van der Waals surface area contributed by atoms with Crippen molar-refractivity contribution in [1.29, 1.82) is 0 Å². The highest BCUT2D eigenvalue weighted by atomic mass is 16.5. The van der Waals surface area contributed by atoms with Crippen LogP contribution < -0.4 is 0 Å². The predicted molar refractivity (Wildman–Crippen MR) is 82.3 cm³/mol. The lowest BCUT2D eigenvalue weighted by molar-refractivity contribution is -0.137. The molecule has 3 nitrogen and oxygen atoms in total. The van der Waals surface area contributed by atoms with Crippen molar-refractivity contribution in [2.24, 2.45) is 4.99 Å². The molecular formula is C18H17NO2. The summed E-state index contributed by atoms with van der Waals surface area (Å²) in [6.45, 7) is 0.331. The van der Waals surface area contributed by atoms with Crippen molar-refractivity contribution >= 4 is 11.7 Å². The SMILES string of the molecule is O=C1OC[C@@H](c2ccccc2)N=C1CCc1ccccc1. The van der Waals surface area contributed by atoms with Gasteiger partial charge in [0.2, 0.25) is 0 Å². The van der Waals surface area contributed by atoms with E-state index in [0.29, 0.717) is 18.7 Å². The lowest BCUT2D eigenvalue weighted by Crippen LogP contribution is -2.27. The molecule has 0 unspecified atom stereocenters. The van der Waals surface area contributed by atoms with Crippen LogP contribution in [-0.4, -0.2) is 18.3 Å². The Hall–Kier alpha value is -2.42. The number of aryl methyl sites for hydroxylation is 1. The highest BCUT2D eigenvalue weighted by molar-refractivity contribution is 6.36. The second kappa shape index (κ2) is 6.35. The molecule has 0 aromatic heterocycles. The Kier molecular flexibility index (Phi) is 4.10. The second-order valence-electron chi connectivity index (χ2n) is 5.09. The number of cyclic esters (lactones) is 1. The van der Waals surface area contributed by atoms with Gasteiger partial charge in [0.1, 0.15) is 18.4 Å². The van der Waals surface area contributed by atoms with Crippen LogP contribution in [0, 0.1) is 0 Å². The molecule has 1 aliphatic heterocycles. The first kappa shape index (κ1) is 13.6. The Morgan fingerprint density at radius 3 is 2.33 bits per heavy atom. The average Bonchev–Trinajstić information content (AvgIpc) is 2.56. The quantitative estimate of drug-likeness (QED) is 0.805. The highest BCUT2D eigenvalue weighted by Gasteiger charge is 2.24. The van der Waals surface area contributed by atoms with Crippen LogP contribution in [-0.2, 0) is 16.0 Å². The number of aliphatic imine (C=N–C) groups is 1. The Bertz CT molecular complexity index is 635. The normalized spacial score (nSPS) is 18.0. The van der Waals surface area contributed by atoms with Crippen molar-refractivity contribution in [3.8, 4) is 0 Å². The third-order valence-corrected chi connectivity index (χ3v) is 3.60. The molecule has 0 aliphatic carbocycles. The molecule has 0 saturated carbocycles. The molecule has 0 fully saturated rings. The molecule has 1 aliphatic rings. The summed E-state index contributed by atoms with van der Waals surface area (Å²) in [5.74, 6) is -0.280. The van der Waals surface area contributed by atoms with Gasteiger partial charge in [0.15, 0.2) is 0 Å². The van der Waals surface area contributed by atoms with E-state index in [-0.39, 0.29) is 12.0 Å². The number of hydrogen-bond acceptors (Lipinski definition) is 3. The molecule has 2 aromatic rings. The molecule has 0 radical (unpaired) electrons. The van der Waals surface area contributed by atoms with Crippen LogP contribution in [0.3, 0.4) is 0 Å². The molecule has 106 valence electrons. The zero-order valence-electron chi connectivity index (χ0n) is 11.7. The minimum atomic E-state index is -0.280. The lowest BCUT2D eigenvalue weighted by atomic mass is 10.0. The van der Waals surface area contributed by atoms with Gasteiger partial charge in [0.05, 0.1) is 0 Å². The van der Waals surface area contributed by atoms with Gasteiger partial charge in [-0.15, -0.1) is 0 Å². The van der Waals surface area contributed by atoms with Gasteiger partial charge in [-0.3, -0.25) is 4.99 Å². The first-order chi connectivity index (χ1) is 10.3. The lowest BCUT2D eigenvalue weighted by Gasteiger charge is -2.20. The Morgan fingerprint density at radius 1 is 0.952 bits per heavy atom. The summed E-state index contributed by atoms with van der Waals surface area (Å²) in [4.78, 5) is 16.4. The monoisotopic (exact) mass is 279 g/mol. The van der Waals surface area contributed by atoms with Crippen LogP contribution in [0.15, 0.2) is 65.7 Å². The number of hydrogen-bond donors (Lipinski definition) is 0. The third-order valence-electron chi connectivity index (χ3n) is 3.60. The van der Waals surface area contributed by atoms with Crippen molar-refractivity contribution in [3.63, 3.8) is 0 Å². The Labute approximate surface area is 124 Å². The van der Waals surface area contributed by atoms with Crippen LogP contribution in [0.1, 0.15) is 23.6 Å². The number of esters is 1. The van der Waals surface area contributed by atoms with Crippen molar-refractivity contribution in [1.82, 2.24) is 0 Å².